The van der Waals surface area contributed by atoms with Gasteiger partial charge in [-0.15, -0.1) is 0 Å². The summed E-state index contributed by atoms with van der Waals surface area (Å²) in [4.78, 5) is 0. The van der Waals surface area contributed by atoms with Gasteiger partial charge in [0.2, 0.25) is 0 Å². The van der Waals surface area contributed by atoms with Gasteiger partial charge in [0.25, 0.3) is 0 Å². The minimum Gasteiger partial charge on any atom is -0.0628 e. The second kappa shape index (κ2) is 3.42. The summed E-state index contributed by atoms with van der Waals surface area (Å²) in [5.74, 6) is 0.814. The molecule has 0 aromatic heterocycles. The molecule has 0 radical (unpaired) electrons. The van der Waals surface area contributed by atoms with Gasteiger partial charge in [-0.2, -0.15) is 0 Å². The second-order valence-electron chi connectivity index (χ2n) is 5.53. The first kappa shape index (κ1) is 9.76. The number of hydrogen-bond acceptors (Lipinski definition) is 0. The van der Waals surface area contributed by atoms with Crippen LogP contribution < -0.4 is 0 Å². The Hall–Kier alpha value is -0.780. The fourth-order valence-electron chi connectivity index (χ4n) is 3.01. The molecule has 0 amide bonds. The van der Waals surface area contributed by atoms with Crippen molar-refractivity contribution in [3.05, 3.63) is 35.4 Å². The molecule has 14 heavy (non-hydrogen) atoms. The van der Waals surface area contributed by atoms with Crippen LogP contribution in [0.2, 0.25) is 0 Å². The Morgan fingerprint density at radius 3 is 2.07 bits per heavy atom. The van der Waals surface area contributed by atoms with E-state index in [1.54, 1.807) is 11.1 Å². The molecule has 0 spiro atoms. The van der Waals surface area contributed by atoms with Gasteiger partial charge in [-0.25, -0.2) is 0 Å². The van der Waals surface area contributed by atoms with Crippen LogP contribution in [0.25, 0.3) is 0 Å². The van der Waals surface area contributed by atoms with Gasteiger partial charge in [-0.3, -0.25) is 0 Å². The third-order valence-electron chi connectivity index (χ3n) is 3.25. The molecular formula is C14H20. The van der Waals surface area contributed by atoms with E-state index >= 15 is 0 Å². The lowest BCUT2D eigenvalue weighted by molar-refractivity contribution is 0.272. The molecule has 0 saturated heterocycles. The first-order valence-electron chi connectivity index (χ1n) is 5.66. The molecule has 1 aromatic carbocycles. The Morgan fingerprint density at radius 2 is 1.64 bits per heavy atom. The Labute approximate surface area is 87.3 Å². The van der Waals surface area contributed by atoms with Crippen LogP contribution in [-0.4, -0.2) is 0 Å². The van der Waals surface area contributed by atoms with Gasteiger partial charge in [0.05, 0.1) is 0 Å². The van der Waals surface area contributed by atoms with Crippen LogP contribution in [-0.2, 0) is 12.8 Å². The van der Waals surface area contributed by atoms with Crippen LogP contribution in [0.1, 0.15) is 38.3 Å². The summed E-state index contributed by atoms with van der Waals surface area (Å²) in [5.41, 5.74) is 3.68. The van der Waals surface area contributed by atoms with Crippen molar-refractivity contribution < 1.29 is 0 Å². The van der Waals surface area contributed by atoms with Crippen molar-refractivity contribution in [1.29, 1.82) is 0 Å². The normalized spacial score (nSPS) is 18.6. The maximum absolute atomic E-state index is 2.44. The highest BCUT2D eigenvalue weighted by Crippen LogP contribution is 2.40. The minimum atomic E-state index is 0.526. The lowest BCUT2D eigenvalue weighted by Gasteiger charge is -2.25. The van der Waals surface area contributed by atoms with Crippen LogP contribution >= 0.6 is 0 Å². The molecule has 0 nitrogen and oxygen atoms in total. The van der Waals surface area contributed by atoms with Gasteiger partial charge in [0, 0.05) is 0 Å². The van der Waals surface area contributed by atoms with Gasteiger partial charge in [-0.1, -0.05) is 45.0 Å². The molecule has 1 aliphatic carbocycles. The summed E-state index contributed by atoms with van der Waals surface area (Å²) < 4.78 is 0. The van der Waals surface area contributed by atoms with Crippen LogP contribution in [0.4, 0.5) is 0 Å². The first-order chi connectivity index (χ1) is 6.59. The molecule has 0 bridgehead atoms. The third kappa shape index (κ3) is 1.84. The number of fused-ring (bicyclic) bond motifs is 1. The first-order valence-corrected chi connectivity index (χ1v) is 5.66. The van der Waals surface area contributed by atoms with Crippen molar-refractivity contribution >= 4 is 0 Å². The van der Waals surface area contributed by atoms with Crippen molar-refractivity contribution in [2.45, 2.75) is 40.0 Å². The number of rotatable bonds is 2. The molecule has 0 unspecified atom stereocenters. The third-order valence-corrected chi connectivity index (χ3v) is 3.25. The molecule has 1 aromatic rings. The van der Waals surface area contributed by atoms with E-state index < -0.39 is 0 Å². The van der Waals surface area contributed by atoms with Crippen molar-refractivity contribution in [2.75, 3.05) is 0 Å². The Bertz CT molecular complexity index is 298. The van der Waals surface area contributed by atoms with E-state index in [9.17, 15) is 0 Å². The lowest BCUT2D eigenvalue weighted by atomic mass is 9.79. The Kier molecular flexibility index (Phi) is 2.38. The fraction of sp³-hybridized carbons (Fsp3) is 0.571. The molecule has 0 N–H and O–H groups in total. The summed E-state index contributed by atoms with van der Waals surface area (Å²) >= 11 is 0. The number of hydrogen-bond donors (Lipinski definition) is 0. The molecule has 0 atom stereocenters. The van der Waals surface area contributed by atoms with E-state index in [0.717, 1.165) is 5.92 Å². The Balaban J connectivity index is 2.17. The largest absolute Gasteiger partial charge is 0.0628 e. The Morgan fingerprint density at radius 1 is 1.14 bits per heavy atom. The highest BCUT2D eigenvalue weighted by atomic mass is 14.4. The van der Waals surface area contributed by atoms with Crippen LogP contribution in [0, 0.1) is 11.3 Å². The average molecular weight is 188 g/mol. The zero-order valence-electron chi connectivity index (χ0n) is 9.51. The number of benzene rings is 1. The van der Waals surface area contributed by atoms with E-state index in [4.69, 9.17) is 0 Å². The van der Waals surface area contributed by atoms with E-state index in [1.165, 1.54) is 19.3 Å². The monoisotopic (exact) mass is 188 g/mol. The molecule has 0 saturated carbocycles. The summed E-state index contributed by atoms with van der Waals surface area (Å²) in [6, 6.07) is 8.92. The van der Waals surface area contributed by atoms with Crippen LogP contribution in [0.3, 0.4) is 0 Å². The molecule has 0 aliphatic heterocycles. The molecule has 1 aliphatic rings. The van der Waals surface area contributed by atoms with Crippen LogP contribution in [0.5, 0.6) is 0 Å². The maximum atomic E-state index is 2.44. The molecule has 0 fully saturated rings. The zero-order chi connectivity index (χ0) is 10.2. The molecule has 0 heteroatoms. The standard InChI is InChI=1S/C14H20/c1-11(2)8-14(3)9-12-6-4-5-7-13(12)10-14/h4-7,11H,8-10H2,1-3H3. The minimum absolute atomic E-state index is 0.526. The van der Waals surface area contributed by atoms with Crippen molar-refractivity contribution in [2.24, 2.45) is 11.3 Å². The SMILES string of the molecule is CC(C)CC1(C)Cc2ccccc2C1. The maximum Gasteiger partial charge on any atom is -0.0219 e. The molecule has 76 valence electrons. The summed E-state index contributed by atoms with van der Waals surface area (Å²) in [6.45, 7) is 7.09. The van der Waals surface area contributed by atoms with Crippen molar-refractivity contribution in [3.63, 3.8) is 0 Å². The van der Waals surface area contributed by atoms with Crippen molar-refractivity contribution in [1.82, 2.24) is 0 Å². The fourth-order valence-corrected chi connectivity index (χ4v) is 3.01. The van der Waals surface area contributed by atoms with Gasteiger partial charge in [0.1, 0.15) is 0 Å². The van der Waals surface area contributed by atoms with E-state index in [2.05, 4.69) is 45.0 Å². The van der Waals surface area contributed by atoms with Gasteiger partial charge in [-0.05, 0) is 41.7 Å². The summed E-state index contributed by atoms with van der Waals surface area (Å²) in [6.07, 6.45) is 3.91. The van der Waals surface area contributed by atoms with E-state index in [-0.39, 0.29) is 0 Å². The van der Waals surface area contributed by atoms with E-state index in [1.807, 2.05) is 0 Å². The lowest BCUT2D eigenvalue weighted by Crippen LogP contribution is -2.18. The summed E-state index contributed by atoms with van der Waals surface area (Å²) in [5, 5.41) is 0. The predicted molar refractivity (Wildman–Crippen MR) is 61.4 cm³/mol. The predicted octanol–water partition coefficient (Wildman–Crippen LogP) is 3.84. The second-order valence-corrected chi connectivity index (χ2v) is 5.53. The molecule has 0 heterocycles. The van der Waals surface area contributed by atoms with Gasteiger partial charge in [0.15, 0.2) is 0 Å². The molecule has 2 rings (SSSR count). The molecular weight excluding hydrogens is 168 g/mol. The topological polar surface area (TPSA) is 0 Å². The average Bonchev–Trinajstić information content (AvgIpc) is 2.38. The highest BCUT2D eigenvalue weighted by Gasteiger charge is 2.32. The zero-order valence-corrected chi connectivity index (χ0v) is 9.51. The highest BCUT2D eigenvalue weighted by molar-refractivity contribution is 5.33. The smallest absolute Gasteiger partial charge is 0.0219 e. The van der Waals surface area contributed by atoms with Gasteiger partial charge >= 0.3 is 0 Å². The quantitative estimate of drug-likeness (QED) is 0.661. The van der Waals surface area contributed by atoms with Gasteiger partial charge < -0.3 is 0 Å². The van der Waals surface area contributed by atoms with E-state index in [0.29, 0.717) is 5.41 Å². The summed E-state index contributed by atoms with van der Waals surface area (Å²) in [7, 11) is 0. The van der Waals surface area contributed by atoms with Crippen LogP contribution in [0.15, 0.2) is 24.3 Å². The van der Waals surface area contributed by atoms with Crippen molar-refractivity contribution in [3.8, 4) is 0 Å².